The number of unbranched alkanes of at least 4 members (excludes halogenated alkanes) is 1. The predicted molar refractivity (Wildman–Crippen MR) is 140 cm³/mol. The second-order valence-corrected chi connectivity index (χ2v) is 10.2. The second-order valence-electron chi connectivity index (χ2n) is 8.65. The van der Waals surface area contributed by atoms with E-state index in [1.54, 1.807) is 24.5 Å². The summed E-state index contributed by atoms with van der Waals surface area (Å²) < 4.78 is 23.2. The van der Waals surface area contributed by atoms with Crippen LogP contribution in [0.15, 0.2) is 78.0 Å². The van der Waals surface area contributed by atoms with Gasteiger partial charge in [-0.25, -0.2) is 18.5 Å². The highest BCUT2D eigenvalue weighted by molar-refractivity contribution is 7.89. The fourth-order valence-corrected chi connectivity index (χ4v) is 4.63. The number of nitrogens with zero attached hydrogens (tertiary/aromatic N) is 4. The van der Waals surface area contributed by atoms with Crippen LogP contribution in [0.5, 0.6) is 0 Å². The maximum absolute atomic E-state index is 11.6. The van der Waals surface area contributed by atoms with Gasteiger partial charge in [-0.3, -0.25) is 15.0 Å². The summed E-state index contributed by atoms with van der Waals surface area (Å²) in [5.74, 6) is 0.739. The van der Waals surface area contributed by atoms with Gasteiger partial charge < -0.3 is 4.98 Å². The molecule has 0 saturated carbocycles. The first kappa shape index (κ1) is 23.8. The summed E-state index contributed by atoms with van der Waals surface area (Å²) in [6, 6.07) is 18.5. The lowest BCUT2D eigenvalue weighted by molar-refractivity contribution is 0.598. The molecule has 3 heterocycles. The van der Waals surface area contributed by atoms with Crippen LogP contribution in [0.25, 0.3) is 33.7 Å². The van der Waals surface area contributed by atoms with Gasteiger partial charge in [0.05, 0.1) is 33.0 Å². The molecule has 0 unspecified atom stereocenters. The molecule has 5 rings (SSSR count). The van der Waals surface area contributed by atoms with Crippen LogP contribution in [0, 0.1) is 0 Å². The fraction of sp³-hybridized carbons (Fsp3) is 0.185. The normalized spacial score (nSPS) is 11.7. The van der Waals surface area contributed by atoms with Crippen LogP contribution in [0.4, 0.5) is 0 Å². The van der Waals surface area contributed by atoms with E-state index in [1.807, 2.05) is 30.3 Å². The average Bonchev–Trinajstić information content (AvgIpc) is 3.31. The minimum atomic E-state index is -3.74. The highest BCUT2D eigenvalue weighted by atomic mass is 32.2. The minimum Gasteiger partial charge on any atom is -0.340 e. The largest absolute Gasteiger partial charge is 0.340 e. The second kappa shape index (κ2) is 9.96. The van der Waals surface area contributed by atoms with Gasteiger partial charge in [0.15, 0.2) is 0 Å². The number of rotatable bonds is 8. The Bertz CT molecular complexity index is 1630. The van der Waals surface area contributed by atoms with Gasteiger partial charge in [-0.15, -0.1) is 0 Å². The number of aromatic nitrogens is 5. The molecule has 0 aliphatic heterocycles. The average molecular weight is 499 g/mol. The van der Waals surface area contributed by atoms with Crippen LogP contribution in [-0.4, -0.2) is 33.3 Å². The van der Waals surface area contributed by atoms with Crippen LogP contribution in [0.1, 0.15) is 36.8 Å². The number of hydrogen-bond acceptors (Lipinski definition) is 6. The summed E-state index contributed by atoms with van der Waals surface area (Å²) in [5.41, 5.74) is 6.88. The number of nitrogens with one attached hydrogen (secondary N) is 1. The van der Waals surface area contributed by atoms with Gasteiger partial charge in [-0.05, 0) is 54.8 Å². The molecule has 0 radical (unpaired) electrons. The van der Waals surface area contributed by atoms with Crippen molar-refractivity contribution in [3.63, 3.8) is 0 Å². The maximum Gasteiger partial charge on any atom is 0.238 e. The van der Waals surface area contributed by atoms with Crippen molar-refractivity contribution >= 4 is 21.1 Å². The Balaban J connectivity index is 1.56. The highest BCUT2D eigenvalue weighted by Gasteiger charge is 2.17. The molecule has 2 aromatic carbocycles. The Labute approximate surface area is 209 Å². The third-order valence-electron chi connectivity index (χ3n) is 5.97. The summed E-state index contributed by atoms with van der Waals surface area (Å²) in [4.78, 5) is 22.2. The summed E-state index contributed by atoms with van der Waals surface area (Å²) in [6.45, 7) is 2.17. The molecule has 0 spiro atoms. The van der Waals surface area contributed by atoms with E-state index in [-0.39, 0.29) is 4.90 Å². The van der Waals surface area contributed by atoms with Gasteiger partial charge in [-0.1, -0.05) is 37.6 Å². The standard InChI is InChI=1S/C27H26N6O2S/c1-2-3-5-20-6-4-7-23(31-20)27-26(19-10-13-22-24(17-19)30-15-14-29-22)32-25(33-27)16-18-8-11-21(12-9-18)36(28,34)35/h4,6-15,17H,2-3,5,16H2,1H3,(H,32,33)(H2,28,34,35). The van der Waals surface area contributed by atoms with Crippen molar-refractivity contribution in [2.45, 2.75) is 37.5 Å². The third-order valence-corrected chi connectivity index (χ3v) is 6.90. The number of hydrogen-bond donors (Lipinski definition) is 2. The summed E-state index contributed by atoms with van der Waals surface area (Å²) >= 11 is 0. The van der Waals surface area contributed by atoms with Crippen molar-refractivity contribution in [3.05, 3.63) is 90.1 Å². The summed E-state index contributed by atoms with van der Waals surface area (Å²) in [7, 11) is -3.74. The number of primary sulfonamides is 1. The molecule has 0 fully saturated rings. The number of benzene rings is 2. The first-order valence-corrected chi connectivity index (χ1v) is 13.3. The zero-order valence-corrected chi connectivity index (χ0v) is 20.7. The van der Waals surface area contributed by atoms with Crippen LogP contribution < -0.4 is 5.14 Å². The number of aromatic amines is 1. The van der Waals surface area contributed by atoms with Crippen molar-refractivity contribution in [2.24, 2.45) is 5.14 Å². The molecular weight excluding hydrogens is 472 g/mol. The van der Waals surface area contributed by atoms with Gasteiger partial charge >= 0.3 is 0 Å². The summed E-state index contributed by atoms with van der Waals surface area (Å²) in [5, 5.41) is 5.23. The van der Waals surface area contributed by atoms with Crippen molar-refractivity contribution in [3.8, 4) is 22.6 Å². The van der Waals surface area contributed by atoms with Crippen LogP contribution in [0.3, 0.4) is 0 Å². The zero-order valence-electron chi connectivity index (χ0n) is 19.8. The first-order valence-electron chi connectivity index (χ1n) is 11.8. The molecule has 36 heavy (non-hydrogen) atoms. The molecular formula is C27H26N6O2S. The molecule has 0 aliphatic carbocycles. The lowest BCUT2D eigenvalue weighted by Crippen LogP contribution is -2.11. The maximum atomic E-state index is 11.6. The Morgan fingerprint density at radius 2 is 1.69 bits per heavy atom. The molecule has 8 nitrogen and oxygen atoms in total. The number of H-pyrrole nitrogens is 1. The van der Waals surface area contributed by atoms with Gasteiger partial charge in [0.1, 0.15) is 5.82 Å². The lowest BCUT2D eigenvalue weighted by atomic mass is 10.1. The molecule has 0 aliphatic rings. The number of fused-ring (bicyclic) bond motifs is 1. The SMILES string of the molecule is CCCCc1cccc(-c2[nH]c(Cc3ccc(S(N)(=O)=O)cc3)nc2-c2ccc3nccnc3c2)n1. The molecule has 0 amide bonds. The quantitative estimate of drug-likeness (QED) is 0.320. The molecule has 9 heteroatoms. The topological polar surface area (TPSA) is 128 Å². The van der Waals surface area contributed by atoms with E-state index in [0.717, 1.165) is 70.0 Å². The molecule has 0 bridgehead atoms. The number of pyridine rings is 1. The van der Waals surface area contributed by atoms with E-state index in [4.69, 9.17) is 15.1 Å². The van der Waals surface area contributed by atoms with Gasteiger partial charge in [0.25, 0.3) is 0 Å². The van der Waals surface area contributed by atoms with Crippen LogP contribution in [0.2, 0.25) is 0 Å². The summed E-state index contributed by atoms with van der Waals surface area (Å²) in [6.07, 6.45) is 6.94. The number of sulfonamides is 1. The highest BCUT2D eigenvalue weighted by Crippen LogP contribution is 2.31. The van der Waals surface area contributed by atoms with Crippen molar-refractivity contribution in [1.29, 1.82) is 0 Å². The Morgan fingerprint density at radius 3 is 2.44 bits per heavy atom. The molecule has 182 valence electrons. The third kappa shape index (κ3) is 5.17. The first-order chi connectivity index (χ1) is 17.4. The van der Waals surface area contributed by atoms with E-state index in [0.29, 0.717) is 6.42 Å². The Kier molecular flexibility index (Phi) is 6.58. The Morgan fingerprint density at radius 1 is 0.917 bits per heavy atom. The zero-order chi connectivity index (χ0) is 25.1. The van der Waals surface area contributed by atoms with E-state index < -0.39 is 10.0 Å². The monoisotopic (exact) mass is 498 g/mol. The van der Waals surface area contributed by atoms with Crippen molar-refractivity contribution < 1.29 is 8.42 Å². The van der Waals surface area contributed by atoms with Gasteiger partial charge in [-0.2, -0.15) is 0 Å². The van der Waals surface area contributed by atoms with Crippen LogP contribution in [-0.2, 0) is 22.9 Å². The molecule has 3 aromatic heterocycles. The van der Waals surface area contributed by atoms with E-state index >= 15 is 0 Å². The van der Waals surface area contributed by atoms with Crippen LogP contribution >= 0.6 is 0 Å². The Hall–Kier alpha value is -3.95. The fourth-order valence-electron chi connectivity index (χ4n) is 4.12. The molecule has 0 atom stereocenters. The number of aryl methyl sites for hydroxylation is 1. The smallest absolute Gasteiger partial charge is 0.238 e. The minimum absolute atomic E-state index is 0.0810. The molecule has 5 aromatic rings. The lowest BCUT2D eigenvalue weighted by Gasteiger charge is -2.06. The molecule has 0 saturated heterocycles. The van der Waals surface area contributed by atoms with E-state index in [1.165, 1.54) is 12.1 Å². The number of nitrogens with two attached hydrogens (primary N) is 1. The van der Waals surface area contributed by atoms with Crippen molar-refractivity contribution in [2.75, 3.05) is 0 Å². The van der Waals surface area contributed by atoms with E-state index in [9.17, 15) is 8.42 Å². The van der Waals surface area contributed by atoms with Gasteiger partial charge in [0.2, 0.25) is 10.0 Å². The predicted octanol–water partition coefficient (Wildman–Crippen LogP) is 4.66. The van der Waals surface area contributed by atoms with E-state index in [2.05, 4.69) is 27.9 Å². The van der Waals surface area contributed by atoms with Gasteiger partial charge in [0, 0.05) is 30.1 Å². The van der Waals surface area contributed by atoms with Crippen molar-refractivity contribution in [1.82, 2.24) is 24.9 Å². The molecule has 3 N–H and O–H groups in total. The number of imidazole rings is 1.